The topological polar surface area (TPSA) is 18.5 Å². The lowest BCUT2D eigenvalue weighted by atomic mass is 10.0. The molecule has 0 aliphatic carbocycles. The summed E-state index contributed by atoms with van der Waals surface area (Å²) >= 11 is 0. The van der Waals surface area contributed by atoms with Crippen molar-refractivity contribution in [2.75, 3.05) is 13.2 Å². The lowest BCUT2D eigenvalue weighted by molar-refractivity contribution is 0.304. The monoisotopic (exact) mass is 493 g/mol. The van der Waals surface area contributed by atoms with Crippen LogP contribution in [0.3, 0.4) is 0 Å². The van der Waals surface area contributed by atoms with Gasteiger partial charge in [0.1, 0.15) is 11.5 Å². The molecule has 0 aromatic heterocycles. The smallest absolute Gasteiger partial charge is 0.135 e. The van der Waals surface area contributed by atoms with E-state index in [-0.39, 0.29) is 0 Å². The van der Waals surface area contributed by atoms with Crippen LogP contribution in [-0.4, -0.2) is 13.2 Å². The van der Waals surface area contributed by atoms with Gasteiger partial charge >= 0.3 is 0 Å². The normalized spacial score (nSPS) is 11.1. The SMILES string of the molecule is CCCCCCCCCCCCCCCCCCCCOc1[c]cccc1-c1ccccc1OCC. The molecule has 0 saturated carbocycles. The van der Waals surface area contributed by atoms with Crippen LogP contribution in [0.2, 0.25) is 0 Å². The molecule has 0 aliphatic heterocycles. The third-order valence-corrected chi connectivity index (χ3v) is 7.04. The molecule has 1 radical (unpaired) electrons. The molecule has 0 amide bonds. The molecule has 2 nitrogen and oxygen atoms in total. The molecule has 0 bridgehead atoms. The van der Waals surface area contributed by atoms with E-state index in [1.807, 2.05) is 37.3 Å². The van der Waals surface area contributed by atoms with Crippen molar-refractivity contribution < 1.29 is 9.47 Å². The Hall–Kier alpha value is -1.96. The highest BCUT2D eigenvalue weighted by molar-refractivity contribution is 5.75. The molecule has 0 spiro atoms. The summed E-state index contributed by atoms with van der Waals surface area (Å²) in [7, 11) is 0. The molecule has 36 heavy (non-hydrogen) atoms. The quantitative estimate of drug-likeness (QED) is 0.143. The molecule has 0 aliphatic rings. The molecule has 2 heteroatoms. The van der Waals surface area contributed by atoms with Crippen molar-refractivity contribution in [2.45, 2.75) is 129 Å². The Labute approximate surface area is 223 Å². The molecule has 201 valence electrons. The average molecular weight is 494 g/mol. The summed E-state index contributed by atoms with van der Waals surface area (Å²) in [5, 5.41) is 0. The van der Waals surface area contributed by atoms with Crippen LogP contribution >= 0.6 is 0 Å². The maximum atomic E-state index is 6.14. The maximum Gasteiger partial charge on any atom is 0.135 e. The summed E-state index contributed by atoms with van der Waals surface area (Å²) in [6.45, 7) is 5.72. The Bertz CT molecular complexity index is 769. The van der Waals surface area contributed by atoms with Crippen LogP contribution in [0.4, 0.5) is 0 Å². The van der Waals surface area contributed by atoms with E-state index in [0.29, 0.717) is 6.61 Å². The second-order valence-corrected chi connectivity index (χ2v) is 10.2. The average Bonchev–Trinajstić information content (AvgIpc) is 2.91. The van der Waals surface area contributed by atoms with Crippen molar-refractivity contribution >= 4 is 0 Å². The minimum atomic E-state index is 0.656. The van der Waals surface area contributed by atoms with Gasteiger partial charge in [-0.1, -0.05) is 152 Å². The zero-order valence-electron chi connectivity index (χ0n) is 23.5. The highest BCUT2D eigenvalue weighted by Gasteiger charge is 2.11. The van der Waals surface area contributed by atoms with Crippen LogP contribution in [0.1, 0.15) is 129 Å². The number of ether oxygens (including phenoxy) is 2. The van der Waals surface area contributed by atoms with Crippen LogP contribution < -0.4 is 9.47 Å². The highest BCUT2D eigenvalue weighted by Crippen LogP contribution is 2.36. The van der Waals surface area contributed by atoms with Crippen molar-refractivity contribution in [2.24, 2.45) is 0 Å². The number of unbranched alkanes of at least 4 members (excludes halogenated alkanes) is 17. The standard InChI is InChI=1S/C34H53O2/c1-3-5-6-7-8-9-10-11-12-13-14-15-16-17-18-19-20-25-30-36-34-29-24-22-27-32(34)31-26-21-23-28-33(31)35-4-2/h21-24,26-28H,3-20,25,30H2,1-2H3. The summed E-state index contributed by atoms with van der Waals surface area (Å²) in [5.41, 5.74) is 2.13. The van der Waals surface area contributed by atoms with Gasteiger partial charge in [0.2, 0.25) is 0 Å². The van der Waals surface area contributed by atoms with Gasteiger partial charge in [-0.15, -0.1) is 0 Å². The van der Waals surface area contributed by atoms with E-state index in [2.05, 4.69) is 25.1 Å². The van der Waals surface area contributed by atoms with E-state index >= 15 is 0 Å². The Balaban J connectivity index is 1.45. The number of para-hydroxylation sites is 2. The second kappa shape index (κ2) is 21.2. The lowest BCUT2D eigenvalue weighted by Gasteiger charge is -2.14. The molecule has 0 N–H and O–H groups in total. The summed E-state index contributed by atoms with van der Waals surface area (Å²) in [4.78, 5) is 0. The predicted octanol–water partition coefficient (Wildman–Crippen LogP) is 11.0. The largest absolute Gasteiger partial charge is 0.493 e. The fraction of sp³-hybridized carbons (Fsp3) is 0.647. The summed E-state index contributed by atoms with van der Waals surface area (Å²) in [6.07, 6.45) is 25.1. The van der Waals surface area contributed by atoms with E-state index in [1.165, 1.54) is 109 Å². The van der Waals surface area contributed by atoms with Gasteiger partial charge in [-0.3, -0.25) is 0 Å². The van der Waals surface area contributed by atoms with Crippen molar-refractivity contribution in [3.8, 4) is 22.6 Å². The van der Waals surface area contributed by atoms with E-state index in [1.54, 1.807) is 0 Å². The first-order valence-corrected chi connectivity index (χ1v) is 15.2. The summed E-state index contributed by atoms with van der Waals surface area (Å²) in [6, 6.07) is 17.5. The minimum absolute atomic E-state index is 0.656. The molecule has 0 saturated heterocycles. The molecular weight excluding hydrogens is 440 g/mol. The number of rotatable bonds is 23. The zero-order valence-corrected chi connectivity index (χ0v) is 23.5. The Morgan fingerprint density at radius 2 is 1.03 bits per heavy atom. The molecule has 2 aromatic rings. The fourth-order valence-electron chi connectivity index (χ4n) is 4.90. The van der Waals surface area contributed by atoms with Crippen molar-refractivity contribution in [3.63, 3.8) is 0 Å². The van der Waals surface area contributed by atoms with Gasteiger partial charge in [-0.25, -0.2) is 0 Å². The van der Waals surface area contributed by atoms with E-state index in [4.69, 9.17) is 9.47 Å². The maximum absolute atomic E-state index is 6.14. The molecule has 2 aromatic carbocycles. The van der Waals surface area contributed by atoms with Gasteiger partial charge in [-0.05, 0) is 19.4 Å². The highest BCUT2D eigenvalue weighted by atomic mass is 16.5. The van der Waals surface area contributed by atoms with Crippen LogP contribution in [0.25, 0.3) is 11.1 Å². The molecule has 0 fully saturated rings. The zero-order chi connectivity index (χ0) is 25.5. The first-order valence-electron chi connectivity index (χ1n) is 15.2. The van der Waals surface area contributed by atoms with Crippen molar-refractivity contribution in [1.82, 2.24) is 0 Å². The van der Waals surface area contributed by atoms with Gasteiger partial charge in [0.15, 0.2) is 0 Å². The molecule has 0 unspecified atom stereocenters. The van der Waals surface area contributed by atoms with E-state index < -0.39 is 0 Å². The predicted molar refractivity (Wildman–Crippen MR) is 156 cm³/mol. The Morgan fingerprint density at radius 1 is 0.528 bits per heavy atom. The van der Waals surface area contributed by atoms with Gasteiger partial charge in [0.05, 0.1) is 13.2 Å². The molecule has 0 atom stereocenters. The Kier molecular flexibility index (Phi) is 17.8. The second-order valence-electron chi connectivity index (χ2n) is 10.2. The number of hydrogen-bond donors (Lipinski definition) is 0. The van der Waals surface area contributed by atoms with E-state index in [0.717, 1.165) is 35.7 Å². The third-order valence-electron chi connectivity index (χ3n) is 7.04. The first-order chi connectivity index (χ1) is 17.9. The molecule has 2 rings (SSSR count). The first kappa shape index (κ1) is 30.3. The summed E-state index contributed by atoms with van der Waals surface area (Å²) in [5.74, 6) is 1.73. The van der Waals surface area contributed by atoms with Crippen molar-refractivity contribution in [1.29, 1.82) is 0 Å². The molecular formula is C34H53O2. The van der Waals surface area contributed by atoms with Gasteiger partial charge in [0, 0.05) is 17.2 Å². The number of benzene rings is 2. The lowest BCUT2D eigenvalue weighted by Crippen LogP contribution is -2.00. The van der Waals surface area contributed by atoms with Crippen LogP contribution in [-0.2, 0) is 0 Å². The summed E-state index contributed by atoms with van der Waals surface area (Å²) < 4.78 is 12.0. The van der Waals surface area contributed by atoms with Gasteiger partial charge in [0.25, 0.3) is 0 Å². The fourth-order valence-corrected chi connectivity index (χ4v) is 4.90. The van der Waals surface area contributed by atoms with Crippen LogP contribution in [0.5, 0.6) is 11.5 Å². The van der Waals surface area contributed by atoms with E-state index in [9.17, 15) is 0 Å². The van der Waals surface area contributed by atoms with Crippen LogP contribution in [0.15, 0.2) is 42.5 Å². The third kappa shape index (κ3) is 13.4. The van der Waals surface area contributed by atoms with Gasteiger partial charge < -0.3 is 9.47 Å². The Morgan fingerprint density at radius 3 is 1.58 bits per heavy atom. The number of hydrogen-bond acceptors (Lipinski definition) is 2. The minimum Gasteiger partial charge on any atom is -0.493 e. The van der Waals surface area contributed by atoms with Crippen LogP contribution in [0, 0.1) is 6.07 Å². The molecule has 0 heterocycles. The van der Waals surface area contributed by atoms with Gasteiger partial charge in [-0.2, -0.15) is 0 Å². The van der Waals surface area contributed by atoms with Crippen molar-refractivity contribution in [3.05, 3.63) is 48.5 Å².